The summed E-state index contributed by atoms with van der Waals surface area (Å²) < 4.78 is 10.9. The zero-order valence-corrected chi connectivity index (χ0v) is 10.1. The minimum atomic E-state index is 0.401. The van der Waals surface area contributed by atoms with Crippen LogP contribution in [0.3, 0.4) is 0 Å². The van der Waals surface area contributed by atoms with Gasteiger partial charge in [0, 0.05) is 17.6 Å². The second-order valence-electron chi connectivity index (χ2n) is 4.05. The van der Waals surface area contributed by atoms with Gasteiger partial charge in [-0.3, -0.25) is 0 Å². The van der Waals surface area contributed by atoms with Crippen LogP contribution in [0, 0.1) is 5.92 Å². The van der Waals surface area contributed by atoms with E-state index in [4.69, 9.17) is 26.8 Å². The molecule has 16 heavy (non-hydrogen) atoms. The van der Waals surface area contributed by atoms with E-state index in [1.165, 1.54) is 12.8 Å². The monoisotopic (exact) mass is 241 g/mol. The van der Waals surface area contributed by atoms with Gasteiger partial charge in [0.15, 0.2) is 11.5 Å². The van der Waals surface area contributed by atoms with E-state index in [0.29, 0.717) is 29.0 Å². The second kappa shape index (κ2) is 4.93. The lowest BCUT2D eigenvalue weighted by atomic mass is 10.2. The molecule has 1 aromatic carbocycles. The Labute approximate surface area is 100 Å². The van der Waals surface area contributed by atoms with Crippen LogP contribution < -0.4 is 15.2 Å². The molecule has 1 saturated carbocycles. The van der Waals surface area contributed by atoms with Crippen molar-refractivity contribution < 1.29 is 9.47 Å². The van der Waals surface area contributed by atoms with Gasteiger partial charge in [-0.15, -0.1) is 0 Å². The van der Waals surface area contributed by atoms with Gasteiger partial charge in [0.1, 0.15) is 0 Å². The van der Waals surface area contributed by atoms with Crippen molar-refractivity contribution in [3.63, 3.8) is 0 Å². The highest BCUT2D eigenvalue weighted by Crippen LogP contribution is 2.35. The molecule has 4 heteroatoms. The van der Waals surface area contributed by atoms with E-state index < -0.39 is 0 Å². The lowest BCUT2D eigenvalue weighted by Crippen LogP contribution is -2.03. The molecule has 1 aromatic rings. The molecule has 2 rings (SSSR count). The van der Waals surface area contributed by atoms with Crippen molar-refractivity contribution in [3.8, 4) is 11.5 Å². The molecule has 88 valence electrons. The van der Waals surface area contributed by atoms with E-state index in [1.807, 2.05) is 6.07 Å². The first-order valence-electron chi connectivity index (χ1n) is 5.44. The van der Waals surface area contributed by atoms with Crippen LogP contribution in [0.5, 0.6) is 11.5 Å². The summed E-state index contributed by atoms with van der Waals surface area (Å²) in [6, 6.07) is 3.62. The minimum absolute atomic E-state index is 0.401. The van der Waals surface area contributed by atoms with E-state index in [-0.39, 0.29) is 0 Å². The van der Waals surface area contributed by atoms with Crippen molar-refractivity contribution in [2.75, 3.05) is 13.7 Å². The van der Waals surface area contributed by atoms with Crippen molar-refractivity contribution in [1.29, 1.82) is 0 Å². The van der Waals surface area contributed by atoms with E-state index in [9.17, 15) is 0 Å². The van der Waals surface area contributed by atoms with Gasteiger partial charge in [0.2, 0.25) is 0 Å². The van der Waals surface area contributed by atoms with Crippen LogP contribution in [0.15, 0.2) is 12.1 Å². The average Bonchev–Trinajstić information content (AvgIpc) is 3.10. The number of benzene rings is 1. The Bertz CT molecular complexity index is 378. The van der Waals surface area contributed by atoms with E-state index >= 15 is 0 Å². The second-order valence-corrected chi connectivity index (χ2v) is 4.46. The number of ether oxygens (including phenoxy) is 2. The zero-order valence-electron chi connectivity index (χ0n) is 9.33. The van der Waals surface area contributed by atoms with E-state index in [2.05, 4.69) is 0 Å². The topological polar surface area (TPSA) is 44.5 Å². The Morgan fingerprint density at radius 2 is 2.12 bits per heavy atom. The minimum Gasteiger partial charge on any atom is -0.493 e. The standard InChI is InChI=1S/C12H16ClNO2/c1-15-11-4-9(6-14)10(13)5-12(11)16-7-8-2-3-8/h4-5,8H,2-3,6-7,14H2,1H3. The van der Waals surface area contributed by atoms with Gasteiger partial charge in [-0.1, -0.05) is 11.6 Å². The molecule has 0 bridgehead atoms. The molecule has 3 nitrogen and oxygen atoms in total. The number of hydrogen-bond donors (Lipinski definition) is 1. The highest BCUT2D eigenvalue weighted by atomic mass is 35.5. The summed E-state index contributed by atoms with van der Waals surface area (Å²) in [5, 5.41) is 0.633. The van der Waals surface area contributed by atoms with E-state index in [0.717, 1.165) is 12.2 Å². The Balaban J connectivity index is 2.16. The summed E-state index contributed by atoms with van der Waals surface area (Å²) >= 11 is 6.07. The van der Waals surface area contributed by atoms with Crippen molar-refractivity contribution >= 4 is 11.6 Å². The number of methoxy groups -OCH3 is 1. The summed E-state index contributed by atoms with van der Waals surface area (Å²) in [5.74, 6) is 2.11. The fraction of sp³-hybridized carbons (Fsp3) is 0.500. The normalized spacial score (nSPS) is 14.9. The summed E-state index contributed by atoms with van der Waals surface area (Å²) in [4.78, 5) is 0. The molecule has 1 fully saturated rings. The average molecular weight is 242 g/mol. The van der Waals surface area contributed by atoms with Gasteiger partial charge in [0.05, 0.1) is 13.7 Å². The first-order chi connectivity index (χ1) is 7.74. The summed E-state index contributed by atoms with van der Waals surface area (Å²) in [6.45, 7) is 1.15. The first-order valence-corrected chi connectivity index (χ1v) is 5.81. The van der Waals surface area contributed by atoms with Crippen molar-refractivity contribution in [2.45, 2.75) is 19.4 Å². The molecule has 2 N–H and O–H groups in total. The van der Waals surface area contributed by atoms with Crippen LogP contribution in [0.1, 0.15) is 18.4 Å². The van der Waals surface area contributed by atoms with Crippen LogP contribution in [0.4, 0.5) is 0 Å². The third-order valence-corrected chi connectivity index (χ3v) is 3.08. The SMILES string of the molecule is COc1cc(CN)c(Cl)cc1OCC1CC1. The fourth-order valence-corrected chi connectivity index (χ4v) is 1.73. The molecule has 0 atom stereocenters. The predicted molar refractivity (Wildman–Crippen MR) is 64.1 cm³/mol. The molecule has 0 amide bonds. The van der Waals surface area contributed by atoms with Crippen LogP contribution in [0.2, 0.25) is 5.02 Å². The number of rotatable bonds is 5. The molecule has 1 aliphatic rings. The summed E-state index contributed by atoms with van der Waals surface area (Å²) in [6.07, 6.45) is 2.52. The lowest BCUT2D eigenvalue weighted by molar-refractivity contribution is 0.280. The molecule has 0 spiro atoms. The van der Waals surface area contributed by atoms with Crippen LogP contribution in [-0.4, -0.2) is 13.7 Å². The van der Waals surface area contributed by atoms with Crippen LogP contribution in [-0.2, 0) is 6.54 Å². The molecule has 0 unspecified atom stereocenters. The number of hydrogen-bond acceptors (Lipinski definition) is 3. The van der Waals surface area contributed by atoms with Crippen LogP contribution >= 0.6 is 11.6 Å². The Morgan fingerprint density at radius 1 is 1.38 bits per heavy atom. The van der Waals surface area contributed by atoms with Crippen molar-refractivity contribution in [1.82, 2.24) is 0 Å². The maximum atomic E-state index is 6.07. The smallest absolute Gasteiger partial charge is 0.162 e. The van der Waals surface area contributed by atoms with Crippen molar-refractivity contribution in [3.05, 3.63) is 22.7 Å². The maximum Gasteiger partial charge on any atom is 0.162 e. The largest absolute Gasteiger partial charge is 0.493 e. The predicted octanol–water partition coefficient (Wildman–Crippen LogP) is 2.60. The maximum absolute atomic E-state index is 6.07. The molecule has 0 heterocycles. The van der Waals surface area contributed by atoms with Gasteiger partial charge in [-0.25, -0.2) is 0 Å². The highest BCUT2D eigenvalue weighted by Gasteiger charge is 2.22. The van der Waals surface area contributed by atoms with Crippen LogP contribution in [0.25, 0.3) is 0 Å². The summed E-state index contributed by atoms with van der Waals surface area (Å²) in [5.41, 5.74) is 6.45. The highest BCUT2D eigenvalue weighted by molar-refractivity contribution is 6.31. The molecular weight excluding hydrogens is 226 g/mol. The number of halogens is 1. The van der Waals surface area contributed by atoms with Gasteiger partial charge >= 0.3 is 0 Å². The molecule has 0 aromatic heterocycles. The lowest BCUT2D eigenvalue weighted by Gasteiger charge is -2.12. The summed E-state index contributed by atoms with van der Waals surface area (Å²) in [7, 11) is 1.62. The fourth-order valence-electron chi connectivity index (χ4n) is 1.50. The molecule has 0 radical (unpaired) electrons. The Kier molecular flexibility index (Phi) is 3.56. The molecule has 0 aliphatic heterocycles. The van der Waals surface area contributed by atoms with Gasteiger partial charge in [-0.2, -0.15) is 0 Å². The third kappa shape index (κ3) is 2.60. The Morgan fingerprint density at radius 3 is 2.69 bits per heavy atom. The van der Waals surface area contributed by atoms with Gasteiger partial charge in [-0.05, 0) is 30.4 Å². The first kappa shape index (κ1) is 11.6. The third-order valence-electron chi connectivity index (χ3n) is 2.72. The van der Waals surface area contributed by atoms with Gasteiger partial charge in [0.25, 0.3) is 0 Å². The molecule has 1 aliphatic carbocycles. The number of nitrogens with two attached hydrogens (primary N) is 1. The molecular formula is C12H16ClNO2. The molecule has 0 saturated heterocycles. The Hall–Kier alpha value is -0.930. The quantitative estimate of drug-likeness (QED) is 0.862. The van der Waals surface area contributed by atoms with E-state index in [1.54, 1.807) is 13.2 Å². The van der Waals surface area contributed by atoms with Gasteiger partial charge < -0.3 is 15.2 Å². The zero-order chi connectivity index (χ0) is 11.5. The van der Waals surface area contributed by atoms with Crippen molar-refractivity contribution in [2.24, 2.45) is 11.7 Å².